The van der Waals surface area contributed by atoms with Crippen molar-refractivity contribution in [3.05, 3.63) is 30.2 Å². The molecule has 0 spiro atoms. The third kappa shape index (κ3) is 3.13. The quantitative estimate of drug-likeness (QED) is 0.628. The molecule has 2 saturated heterocycles. The van der Waals surface area contributed by atoms with Crippen molar-refractivity contribution in [3.63, 3.8) is 0 Å². The Morgan fingerprint density at radius 2 is 2.00 bits per heavy atom. The predicted molar refractivity (Wildman–Crippen MR) is 104 cm³/mol. The van der Waals surface area contributed by atoms with E-state index in [0.717, 1.165) is 43.2 Å². The smallest absolute Gasteiger partial charge is 0.276 e. The van der Waals surface area contributed by atoms with Crippen LogP contribution in [0.5, 0.6) is 0 Å². The molecule has 0 saturated carbocycles. The van der Waals surface area contributed by atoms with Crippen LogP contribution < -0.4 is 4.90 Å². The number of aromatic nitrogens is 5. The van der Waals surface area contributed by atoms with Gasteiger partial charge >= 0.3 is 0 Å². The fraction of sp³-hybridized carbons (Fsp3) is 0.526. The van der Waals surface area contributed by atoms with Gasteiger partial charge in [-0.1, -0.05) is 5.16 Å². The number of fused-ring (bicyclic) bond motifs is 2. The van der Waals surface area contributed by atoms with Gasteiger partial charge in [-0.25, -0.2) is 15.0 Å². The first kappa shape index (κ1) is 18.0. The van der Waals surface area contributed by atoms with E-state index in [1.165, 1.54) is 0 Å². The standard InChI is InChI=1S/C19H23N7O3/c1-12-5-15(23-29-12)19(27)26-8-13-6-25(7-14(13)9-26)18-16-17(20-10-21-18)24(11-22-16)3-4-28-2/h5,10-11,13-14H,3-4,6-9H2,1-2H3. The molecule has 3 aromatic heterocycles. The highest BCUT2D eigenvalue weighted by molar-refractivity contribution is 5.92. The Labute approximate surface area is 167 Å². The van der Waals surface area contributed by atoms with Gasteiger partial charge in [0.15, 0.2) is 22.7 Å². The van der Waals surface area contributed by atoms with Crippen molar-refractivity contribution in [1.82, 2.24) is 29.6 Å². The number of hydrogen-bond donors (Lipinski definition) is 0. The molecular weight excluding hydrogens is 374 g/mol. The van der Waals surface area contributed by atoms with Crippen molar-refractivity contribution in [1.29, 1.82) is 0 Å². The molecule has 152 valence electrons. The Kier molecular flexibility index (Phi) is 4.42. The Bertz CT molecular complexity index is 1030. The first-order chi connectivity index (χ1) is 14.1. The number of amides is 1. The Balaban J connectivity index is 1.30. The minimum atomic E-state index is -0.0517. The fourth-order valence-corrected chi connectivity index (χ4v) is 4.41. The van der Waals surface area contributed by atoms with Gasteiger partial charge in [-0.05, 0) is 6.92 Å². The number of ether oxygens (including phenoxy) is 1. The largest absolute Gasteiger partial charge is 0.383 e. The van der Waals surface area contributed by atoms with Crippen LogP contribution in [0.15, 0.2) is 23.2 Å². The van der Waals surface area contributed by atoms with E-state index in [0.29, 0.717) is 36.4 Å². The third-order valence-corrected chi connectivity index (χ3v) is 5.84. The van der Waals surface area contributed by atoms with Crippen LogP contribution >= 0.6 is 0 Å². The van der Waals surface area contributed by atoms with Gasteiger partial charge in [0.25, 0.3) is 5.91 Å². The van der Waals surface area contributed by atoms with Crippen LogP contribution in [0, 0.1) is 18.8 Å². The number of likely N-dealkylation sites (tertiary alicyclic amines) is 1. The van der Waals surface area contributed by atoms with E-state index < -0.39 is 0 Å². The zero-order chi connectivity index (χ0) is 20.0. The monoisotopic (exact) mass is 397 g/mol. The van der Waals surface area contributed by atoms with E-state index in [9.17, 15) is 4.79 Å². The fourth-order valence-electron chi connectivity index (χ4n) is 4.41. The number of anilines is 1. The maximum Gasteiger partial charge on any atom is 0.276 e. The molecule has 0 aliphatic carbocycles. The molecule has 10 nitrogen and oxygen atoms in total. The summed E-state index contributed by atoms with van der Waals surface area (Å²) in [5.41, 5.74) is 2.02. The van der Waals surface area contributed by atoms with Crippen molar-refractivity contribution >= 4 is 22.9 Å². The molecule has 29 heavy (non-hydrogen) atoms. The molecule has 1 amide bonds. The molecular formula is C19H23N7O3. The maximum atomic E-state index is 12.7. The van der Waals surface area contributed by atoms with Crippen LogP contribution in [0.25, 0.3) is 11.2 Å². The number of imidazole rings is 1. The number of carbonyl (C=O) groups is 1. The second-order valence-corrected chi connectivity index (χ2v) is 7.76. The zero-order valence-electron chi connectivity index (χ0n) is 16.5. The van der Waals surface area contributed by atoms with Gasteiger partial charge in [0, 0.05) is 57.7 Å². The molecule has 0 N–H and O–H groups in total. The second kappa shape index (κ2) is 7.11. The van der Waals surface area contributed by atoms with Crippen molar-refractivity contribution < 1.29 is 14.1 Å². The van der Waals surface area contributed by atoms with Crippen molar-refractivity contribution in [2.24, 2.45) is 11.8 Å². The number of rotatable bonds is 5. The summed E-state index contributed by atoms with van der Waals surface area (Å²) in [6.07, 6.45) is 3.39. The number of carbonyl (C=O) groups excluding carboxylic acids is 1. The van der Waals surface area contributed by atoms with E-state index in [4.69, 9.17) is 9.26 Å². The van der Waals surface area contributed by atoms with E-state index in [1.807, 2.05) is 9.47 Å². The summed E-state index contributed by atoms with van der Waals surface area (Å²) in [6.45, 7) is 6.25. The summed E-state index contributed by atoms with van der Waals surface area (Å²) in [7, 11) is 1.68. The van der Waals surface area contributed by atoms with Crippen LogP contribution in [0.1, 0.15) is 16.2 Å². The molecule has 0 radical (unpaired) electrons. The van der Waals surface area contributed by atoms with Gasteiger partial charge in [0.1, 0.15) is 12.1 Å². The van der Waals surface area contributed by atoms with Crippen molar-refractivity contribution in [3.8, 4) is 0 Å². The SMILES string of the molecule is COCCn1cnc2c(N3CC4CN(C(=O)c5cc(C)on5)CC4C3)ncnc21. The van der Waals surface area contributed by atoms with Gasteiger partial charge in [-0.2, -0.15) is 0 Å². The zero-order valence-corrected chi connectivity index (χ0v) is 16.5. The van der Waals surface area contributed by atoms with Gasteiger partial charge in [-0.3, -0.25) is 4.79 Å². The van der Waals surface area contributed by atoms with Crippen LogP contribution in [0.4, 0.5) is 5.82 Å². The lowest BCUT2D eigenvalue weighted by Gasteiger charge is -2.22. The Morgan fingerprint density at radius 3 is 2.69 bits per heavy atom. The molecule has 2 aliphatic rings. The van der Waals surface area contributed by atoms with Crippen LogP contribution in [0.2, 0.25) is 0 Å². The van der Waals surface area contributed by atoms with E-state index in [-0.39, 0.29) is 5.91 Å². The average Bonchev–Trinajstić information content (AvgIpc) is 3.48. The Morgan fingerprint density at radius 1 is 1.21 bits per heavy atom. The molecule has 3 aromatic rings. The molecule has 2 unspecified atom stereocenters. The number of nitrogens with zero attached hydrogens (tertiary/aromatic N) is 7. The van der Waals surface area contributed by atoms with Gasteiger partial charge in [0.05, 0.1) is 12.9 Å². The number of hydrogen-bond acceptors (Lipinski definition) is 8. The molecule has 0 bridgehead atoms. The first-order valence-corrected chi connectivity index (χ1v) is 9.76. The molecule has 2 fully saturated rings. The number of methoxy groups -OCH3 is 1. The molecule has 10 heteroatoms. The normalized spacial score (nSPS) is 21.3. The predicted octanol–water partition coefficient (Wildman–Crippen LogP) is 0.978. The van der Waals surface area contributed by atoms with Crippen LogP contribution in [-0.4, -0.2) is 75.4 Å². The highest BCUT2D eigenvalue weighted by atomic mass is 16.5. The highest BCUT2D eigenvalue weighted by Crippen LogP contribution is 2.35. The van der Waals surface area contributed by atoms with Crippen LogP contribution in [-0.2, 0) is 11.3 Å². The van der Waals surface area contributed by atoms with E-state index >= 15 is 0 Å². The molecule has 0 aromatic carbocycles. The summed E-state index contributed by atoms with van der Waals surface area (Å²) in [5.74, 6) is 2.28. The second-order valence-electron chi connectivity index (χ2n) is 7.76. The van der Waals surface area contributed by atoms with E-state index in [1.54, 1.807) is 32.8 Å². The lowest BCUT2D eigenvalue weighted by Crippen LogP contribution is -2.33. The molecule has 5 heterocycles. The number of aryl methyl sites for hydroxylation is 1. The molecule has 2 atom stereocenters. The lowest BCUT2D eigenvalue weighted by molar-refractivity contribution is 0.0772. The minimum absolute atomic E-state index is 0.0517. The summed E-state index contributed by atoms with van der Waals surface area (Å²) in [6, 6.07) is 1.69. The summed E-state index contributed by atoms with van der Waals surface area (Å²) >= 11 is 0. The minimum Gasteiger partial charge on any atom is -0.383 e. The van der Waals surface area contributed by atoms with Crippen molar-refractivity contribution in [2.75, 3.05) is 44.8 Å². The highest BCUT2D eigenvalue weighted by Gasteiger charge is 2.43. The Hall–Kier alpha value is -3.01. The third-order valence-electron chi connectivity index (χ3n) is 5.84. The lowest BCUT2D eigenvalue weighted by atomic mass is 10.0. The summed E-state index contributed by atoms with van der Waals surface area (Å²) < 4.78 is 12.2. The van der Waals surface area contributed by atoms with Gasteiger partial charge in [-0.15, -0.1) is 0 Å². The van der Waals surface area contributed by atoms with Crippen LogP contribution in [0.3, 0.4) is 0 Å². The average molecular weight is 397 g/mol. The van der Waals surface area contributed by atoms with Crippen molar-refractivity contribution in [2.45, 2.75) is 13.5 Å². The van der Waals surface area contributed by atoms with Gasteiger partial charge < -0.3 is 23.6 Å². The maximum absolute atomic E-state index is 12.7. The first-order valence-electron chi connectivity index (χ1n) is 9.76. The summed E-state index contributed by atoms with van der Waals surface area (Å²) in [5, 5.41) is 3.86. The van der Waals surface area contributed by atoms with Gasteiger partial charge in [0.2, 0.25) is 0 Å². The summed E-state index contributed by atoms with van der Waals surface area (Å²) in [4.78, 5) is 30.3. The molecule has 2 aliphatic heterocycles. The topological polar surface area (TPSA) is 102 Å². The van der Waals surface area contributed by atoms with E-state index in [2.05, 4.69) is 25.0 Å². The molecule has 5 rings (SSSR count).